The zero-order valence-corrected chi connectivity index (χ0v) is 10.3. The van der Waals surface area contributed by atoms with Crippen molar-refractivity contribution >= 4 is 23.1 Å². The normalized spacial score (nSPS) is 8.33. The molecule has 0 unspecified atom stereocenters. The van der Waals surface area contributed by atoms with E-state index in [0.717, 1.165) is 0 Å². The predicted octanol–water partition coefficient (Wildman–Crippen LogP) is -0.656. The van der Waals surface area contributed by atoms with Crippen molar-refractivity contribution in [2.45, 2.75) is 27.7 Å². The van der Waals surface area contributed by atoms with Crippen LogP contribution < -0.4 is 12.4 Å². The quantitative estimate of drug-likeness (QED) is 0.379. The molecule has 0 N–H and O–H groups in total. The van der Waals surface area contributed by atoms with Gasteiger partial charge in [0.2, 0.25) is 0 Å². The maximum Gasteiger partial charge on any atom is 2.00 e. The van der Waals surface area contributed by atoms with Gasteiger partial charge in [-0.15, -0.1) is 0 Å². The van der Waals surface area contributed by atoms with Crippen molar-refractivity contribution in [3.8, 4) is 0 Å². The van der Waals surface area contributed by atoms with Gasteiger partial charge in [0.15, 0.2) is 0 Å². The van der Waals surface area contributed by atoms with Gasteiger partial charge in [0.1, 0.15) is 0 Å². The fourth-order valence-electron chi connectivity index (χ4n) is 1.02. The molecule has 62 valence electrons. The molecule has 0 amide bonds. The molecule has 0 aliphatic carbocycles. The van der Waals surface area contributed by atoms with Crippen molar-refractivity contribution in [1.82, 2.24) is 0 Å². The van der Waals surface area contributed by atoms with Crippen LogP contribution in [-0.4, -0.2) is 23.1 Å². The van der Waals surface area contributed by atoms with E-state index < -0.39 is 0 Å². The Kier molecular flexibility index (Phi) is 7.20. The summed E-state index contributed by atoms with van der Waals surface area (Å²) in [7, 11) is 0. The number of rotatable bonds is 0. The summed E-state index contributed by atoms with van der Waals surface area (Å²) in [5, 5.41) is 0. The minimum Gasteiger partial charge on any atom is -1.00 e. The van der Waals surface area contributed by atoms with Gasteiger partial charge in [-0.3, -0.25) is 0 Å². The van der Waals surface area contributed by atoms with Crippen LogP contribution in [-0.2, 0) is 0 Å². The maximum absolute atomic E-state index is 3.31. The summed E-state index contributed by atoms with van der Waals surface area (Å²) in [6, 6.07) is 5.52. The van der Waals surface area contributed by atoms with Crippen molar-refractivity contribution in [1.29, 1.82) is 0 Å². The Balaban J connectivity index is 0. The molecular weight excluding hydrogens is 180 g/mol. The fourth-order valence-corrected chi connectivity index (χ4v) is 1.02. The van der Waals surface area contributed by atoms with Gasteiger partial charge in [-0.05, 0) is 0 Å². The summed E-state index contributed by atoms with van der Waals surface area (Å²) in [6.45, 7) is 8.44. The first kappa shape index (κ1) is 14.8. The van der Waals surface area contributed by atoms with Gasteiger partial charge in [-0.1, -0.05) is 27.7 Å². The Hall–Kier alpha value is 0.276. The van der Waals surface area contributed by atoms with Crippen LogP contribution in [0, 0.1) is 33.8 Å². The molecule has 0 nitrogen and oxygen atoms in total. The Labute approximate surface area is 97.3 Å². The monoisotopic (exact) mass is 192 g/mol. The van der Waals surface area contributed by atoms with Gasteiger partial charge in [-0.2, -0.15) is 34.4 Å². The van der Waals surface area contributed by atoms with Gasteiger partial charge < -0.3 is 12.4 Å². The molecule has 0 aliphatic heterocycles. The Morgan fingerprint density at radius 2 is 1.25 bits per heavy atom. The molecule has 0 fully saturated rings. The molecule has 2 heteroatoms. The van der Waals surface area contributed by atoms with Crippen molar-refractivity contribution < 1.29 is 12.4 Å². The third-order valence-corrected chi connectivity index (χ3v) is 1.99. The number of aryl methyl sites for hydroxylation is 4. The molecule has 0 radical (unpaired) electrons. The Bertz CT molecular complexity index is 206. The molecule has 1 aromatic rings. The summed E-state index contributed by atoms with van der Waals surface area (Å²) >= 11 is 0. The molecule has 1 rings (SSSR count). The molecule has 0 atom stereocenters. The molecule has 0 saturated heterocycles. The van der Waals surface area contributed by atoms with Crippen LogP contribution in [0.3, 0.4) is 0 Å². The van der Waals surface area contributed by atoms with Crippen LogP contribution in [0.15, 0.2) is 6.07 Å². The van der Waals surface area contributed by atoms with Crippen LogP contribution in [0.2, 0.25) is 0 Å². The smallest absolute Gasteiger partial charge is 1.00 e. The third kappa shape index (κ3) is 3.34. The van der Waals surface area contributed by atoms with Crippen LogP contribution in [0.4, 0.5) is 0 Å². The number of benzene rings is 1. The standard InChI is InChI=1S/C10H13.ClH.Mg/c1-7-5-9(3)10(4)6-8(7)2;;/h5H,1-4H3;1H;/q-1;;+2/p-1. The van der Waals surface area contributed by atoms with Crippen molar-refractivity contribution in [2.75, 3.05) is 0 Å². The molecule has 0 spiro atoms. The van der Waals surface area contributed by atoms with E-state index in [-0.39, 0.29) is 35.5 Å². The molecule has 0 aliphatic rings. The van der Waals surface area contributed by atoms with Gasteiger partial charge in [0.05, 0.1) is 0 Å². The summed E-state index contributed by atoms with van der Waals surface area (Å²) in [6.07, 6.45) is 0. The minimum absolute atomic E-state index is 0. The van der Waals surface area contributed by atoms with Gasteiger partial charge in [0.25, 0.3) is 0 Å². The predicted molar refractivity (Wildman–Crippen MR) is 50.0 cm³/mol. The number of hydrogen-bond acceptors (Lipinski definition) is 0. The summed E-state index contributed by atoms with van der Waals surface area (Å²) in [4.78, 5) is 0. The van der Waals surface area contributed by atoms with E-state index in [4.69, 9.17) is 0 Å². The molecule has 1 aromatic carbocycles. The van der Waals surface area contributed by atoms with E-state index in [1.165, 1.54) is 22.3 Å². The third-order valence-electron chi connectivity index (χ3n) is 1.99. The average Bonchev–Trinajstić information content (AvgIpc) is 1.84. The Morgan fingerprint density at radius 3 is 1.50 bits per heavy atom. The van der Waals surface area contributed by atoms with Crippen molar-refractivity contribution in [3.63, 3.8) is 0 Å². The summed E-state index contributed by atoms with van der Waals surface area (Å²) in [5.74, 6) is 0. The number of halogens is 1. The van der Waals surface area contributed by atoms with Crippen LogP contribution in [0.5, 0.6) is 0 Å². The van der Waals surface area contributed by atoms with E-state index in [1.807, 2.05) is 0 Å². The largest absolute Gasteiger partial charge is 2.00 e. The molecule has 12 heavy (non-hydrogen) atoms. The second-order valence-corrected chi connectivity index (χ2v) is 2.89. The average molecular weight is 193 g/mol. The summed E-state index contributed by atoms with van der Waals surface area (Å²) in [5.41, 5.74) is 5.21. The topological polar surface area (TPSA) is 0 Å². The van der Waals surface area contributed by atoms with Crippen LogP contribution in [0.1, 0.15) is 22.3 Å². The molecule has 0 bridgehead atoms. The second kappa shape index (κ2) is 5.84. The number of hydrogen-bond donors (Lipinski definition) is 0. The fraction of sp³-hybridized carbons (Fsp3) is 0.400. The second-order valence-electron chi connectivity index (χ2n) is 2.89. The summed E-state index contributed by atoms with van der Waals surface area (Å²) < 4.78 is 0. The van der Waals surface area contributed by atoms with Gasteiger partial charge in [0, 0.05) is 0 Å². The zero-order valence-electron chi connectivity index (χ0n) is 8.16. The Morgan fingerprint density at radius 1 is 0.917 bits per heavy atom. The first-order chi connectivity index (χ1) is 4.61. The van der Waals surface area contributed by atoms with E-state index in [2.05, 4.69) is 39.8 Å². The SMILES string of the molecule is Cc1[c-]c(C)c(C)cc1C.[Cl-].[Mg+2]. The van der Waals surface area contributed by atoms with Crippen LogP contribution >= 0.6 is 0 Å². The van der Waals surface area contributed by atoms with Crippen LogP contribution in [0.25, 0.3) is 0 Å². The van der Waals surface area contributed by atoms with E-state index in [9.17, 15) is 0 Å². The molecule has 0 saturated carbocycles. The molecule has 0 aromatic heterocycles. The molecule has 0 heterocycles. The van der Waals surface area contributed by atoms with E-state index >= 15 is 0 Å². The molecular formula is C10H13ClMg. The van der Waals surface area contributed by atoms with Gasteiger partial charge >= 0.3 is 23.1 Å². The minimum atomic E-state index is 0. The first-order valence-corrected chi connectivity index (χ1v) is 3.58. The maximum atomic E-state index is 3.31. The zero-order chi connectivity index (χ0) is 7.72. The van der Waals surface area contributed by atoms with E-state index in [1.54, 1.807) is 0 Å². The van der Waals surface area contributed by atoms with E-state index in [0.29, 0.717) is 0 Å². The first-order valence-electron chi connectivity index (χ1n) is 3.58. The van der Waals surface area contributed by atoms with Crippen molar-refractivity contribution in [3.05, 3.63) is 34.4 Å². The van der Waals surface area contributed by atoms with Crippen molar-refractivity contribution in [2.24, 2.45) is 0 Å². The van der Waals surface area contributed by atoms with Gasteiger partial charge in [-0.25, -0.2) is 0 Å².